The molecule has 0 fully saturated rings. The van der Waals surface area contributed by atoms with Crippen molar-refractivity contribution in [1.29, 1.82) is 0 Å². The predicted octanol–water partition coefficient (Wildman–Crippen LogP) is -2.23. The minimum atomic E-state index is -2.08. The Morgan fingerprint density at radius 1 is 1.00 bits per heavy atom. The van der Waals surface area contributed by atoms with Gasteiger partial charge in [-0.1, -0.05) is 0 Å². The molecule has 0 heterocycles. The predicted molar refractivity (Wildman–Crippen MR) is 16.0 cm³/mol. The topological polar surface area (TPSA) is 121 Å². The Morgan fingerprint density at radius 3 is 1.00 bits per heavy atom. The fourth-order valence-corrected chi connectivity index (χ4v) is 0. The van der Waals surface area contributed by atoms with Crippen LogP contribution < -0.4 is 10.2 Å². The first-order valence-corrected chi connectivity index (χ1v) is 1.26. The minimum Gasteiger partial charge on any atom is -0.565 e. The smallest absolute Gasteiger partial charge is 0.565 e. The number of rotatable bonds is 0. The number of carbonyl (C=O) groups is 2. The monoisotopic (exact) mass is 174 g/mol. The molecule has 0 aromatic carbocycles. The summed E-state index contributed by atoms with van der Waals surface area (Å²) < 4.78 is 0. The van der Waals surface area contributed by atoms with E-state index in [1.54, 1.807) is 0 Å². The molecule has 2 N–H and O–H groups in total. The molecule has 6 nitrogen and oxygen atoms in total. The van der Waals surface area contributed by atoms with E-state index in [2.05, 4.69) is 0 Å². The van der Waals surface area contributed by atoms with Gasteiger partial charge < -0.3 is 30.0 Å². The van der Waals surface area contributed by atoms with Crippen molar-refractivity contribution in [1.82, 2.24) is 0 Å². The molecule has 0 bridgehead atoms. The third-order valence-corrected chi connectivity index (χ3v) is 0. The molecule has 7 heteroatoms. The van der Waals surface area contributed by atoms with E-state index in [0.29, 0.717) is 0 Å². The van der Waals surface area contributed by atoms with Gasteiger partial charge in [0.15, 0.2) is 0 Å². The first-order valence-electron chi connectivity index (χ1n) is 1.26. The Kier molecular flexibility index (Phi) is 17.7. The average molecular weight is 174 g/mol. The minimum absolute atomic E-state index is 0. The summed E-state index contributed by atoms with van der Waals surface area (Å²) in [6, 6.07) is 0. The maximum Gasteiger partial charge on any atom is 2.00 e. The fraction of sp³-hybridized carbons (Fsp3) is 0. The number of carboxylic acid groups (broad SMARTS) is 4. The summed E-state index contributed by atoms with van der Waals surface area (Å²) in [5.41, 5.74) is 0. The Hall–Kier alpha value is -0.928. The van der Waals surface area contributed by atoms with Crippen LogP contribution in [0.5, 0.6) is 0 Å². The van der Waals surface area contributed by atoms with Crippen molar-refractivity contribution < 1.29 is 47.4 Å². The van der Waals surface area contributed by atoms with Crippen LogP contribution >= 0.6 is 0 Å². The van der Waals surface area contributed by atoms with E-state index in [1.165, 1.54) is 0 Å². The maximum absolute atomic E-state index is 8.44. The molecule has 0 spiro atoms. The Labute approximate surface area is 60.5 Å². The van der Waals surface area contributed by atoms with Crippen LogP contribution in [0.3, 0.4) is 0 Å². The van der Waals surface area contributed by atoms with Crippen molar-refractivity contribution in [3.63, 3.8) is 0 Å². The standard InChI is InChI=1S/2CH2O3.Cr/c2*2-1(3)4;/h2*(H2,2,3,4);/q;;+2/p-2. The first-order chi connectivity index (χ1) is 3.46. The zero-order valence-corrected chi connectivity index (χ0v) is 5.21. The zero-order chi connectivity index (χ0) is 7.15. The van der Waals surface area contributed by atoms with Crippen LogP contribution in [0.2, 0.25) is 0 Å². The molecule has 0 aliphatic rings. The molecular formula is C2H2CrO6. The van der Waals surface area contributed by atoms with Gasteiger partial charge in [0.25, 0.3) is 0 Å². The normalized spacial score (nSPS) is 5.33. The van der Waals surface area contributed by atoms with Crippen molar-refractivity contribution in [2.75, 3.05) is 0 Å². The Balaban J connectivity index is -0.0000000720. The summed E-state index contributed by atoms with van der Waals surface area (Å²) in [5.74, 6) is 0. The van der Waals surface area contributed by atoms with Crippen molar-refractivity contribution in [2.24, 2.45) is 0 Å². The van der Waals surface area contributed by atoms with Gasteiger partial charge in [-0.05, 0) is 0 Å². The van der Waals surface area contributed by atoms with Gasteiger partial charge >= 0.3 is 17.4 Å². The van der Waals surface area contributed by atoms with Crippen LogP contribution in [0.1, 0.15) is 0 Å². The number of hydrogen-bond donors (Lipinski definition) is 2. The molecule has 0 atom stereocenters. The fourth-order valence-electron chi connectivity index (χ4n) is 0. The van der Waals surface area contributed by atoms with Gasteiger partial charge in [0.1, 0.15) is 0 Å². The quantitative estimate of drug-likeness (QED) is 0.428. The van der Waals surface area contributed by atoms with Gasteiger partial charge in [-0.15, -0.1) is 0 Å². The molecule has 0 saturated carbocycles. The van der Waals surface area contributed by atoms with Gasteiger partial charge in [-0.25, -0.2) is 0 Å². The summed E-state index contributed by atoms with van der Waals surface area (Å²) in [5, 5.41) is 30.6. The molecule has 0 amide bonds. The van der Waals surface area contributed by atoms with E-state index < -0.39 is 12.3 Å². The van der Waals surface area contributed by atoms with Crippen molar-refractivity contribution in [3.05, 3.63) is 0 Å². The molecule has 0 rings (SSSR count). The van der Waals surface area contributed by atoms with Gasteiger partial charge in [-0.2, -0.15) is 0 Å². The molecule has 0 aromatic rings. The summed E-state index contributed by atoms with van der Waals surface area (Å²) in [6.07, 6.45) is -4.17. The maximum atomic E-state index is 8.44. The van der Waals surface area contributed by atoms with Crippen LogP contribution in [0, 0.1) is 0 Å². The number of hydrogen-bond acceptors (Lipinski definition) is 4. The van der Waals surface area contributed by atoms with Gasteiger partial charge in [0.05, 0.1) is 0 Å². The summed E-state index contributed by atoms with van der Waals surface area (Å²) in [7, 11) is 0. The largest absolute Gasteiger partial charge is 2.00 e. The Bertz CT molecular complexity index is 69.1. The second-order valence-corrected chi connectivity index (χ2v) is 0.532. The van der Waals surface area contributed by atoms with E-state index in [-0.39, 0.29) is 17.4 Å². The second kappa shape index (κ2) is 10.1. The molecule has 52 valence electrons. The van der Waals surface area contributed by atoms with Crippen LogP contribution in [-0.4, -0.2) is 22.5 Å². The molecule has 0 aliphatic carbocycles. The molecule has 0 aromatic heterocycles. The van der Waals surface area contributed by atoms with Gasteiger partial charge in [0.2, 0.25) is 12.3 Å². The molecular weight excluding hydrogens is 172 g/mol. The molecule has 9 heavy (non-hydrogen) atoms. The van der Waals surface area contributed by atoms with Crippen LogP contribution in [0.15, 0.2) is 0 Å². The van der Waals surface area contributed by atoms with Gasteiger partial charge in [0, 0.05) is 0 Å². The zero-order valence-electron chi connectivity index (χ0n) is 3.94. The van der Waals surface area contributed by atoms with Crippen molar-refractivity contribution in [3.8, 4) is 0 Å². The SMILES string of the molecule is O=C([O-])O.O=C([O-])O.[Cr+2]. The average Bonchev–Trinajstić information content (AvgIpc) is 1.25. The first kappa shape index (κ1) is 15.7. The molecule has 0 radical (unpaired) electrons. The van der Waals surface area contributed by atoms with E-state index in [1.807, 2.05) is 0 Å². The molecule has 0 unspecified atom stereocenters. The summed E-state index contributed by atoms with van der Waals surface area (Å²) >= 11 is 0. The summed E-state index contributed by atoms with van der Waals surface area (Å²) in [6.45, 7) is 0. The van der Waals surface area contributed by atoms with E-state index >= 15 is 0 Å². The Morgan fingerprint density at radius 2 is 1.00 bits per heavy atom. The second-order valence-electron chi connectivity index (χ2n) is 0.532. The van der Waals surface area contributed by atoms with Crippen LogP contribution in [-0.2, 0) is 17.4 Å². The van der Waals surface area contributed by atoms with Crippen molar-refractivity contribution >= 4 is 12.3 Å². The summed E-state index contributed by atoms with van der Waals surface area (Å²) in [4.78, 5) is 16.9. The third-order valence-electron chi connectivity index (χ3n) is 0. The third kappa shape index (κ3) is 212. The van der Waals surface area contributed by atoms with E-state index in [9.17, 15) is 0 Å². The van der Waals surface area contributed by atoms with Crippen LogP contribution in [0.4, 0.5) is 9.59 Å². The van der Waals surface area contributed by atoms with E-state index in [0.717, 1.165) is 0 Å². The van der Waals surface area contributed by atoms with Crippen molar-refractivity contribution in [2.45, 2.75) is 0 Å². The van der Waals surface area contributed by atoms with E-state index in [4.69, 9.17) is 30.0 Å². The van der Waals surface area contributed by atoms with Crippen LogP contribution in [0.25, 0.3) is 0 Å². The van der Waals surface area contributed by atoms with Gasteiger partial charge in [-0.3, -0.25) is 0 Å². The molecule has 0 saturated heterocycles. The molecule has 0 aliphatic heterocycles.